The van der Waals surface area contributed by atoms with Crippen molar-refractivity contribution in [2.24, 2.45) is 0 Å². The molecule has 0 saturated heterocycles. The van der Waals surface area contributed by atoms with Crippen molar-refractivity contribution in [2.45, 2.75) is 19.0 Å². The molecule has 0 saturated carbocycles. The summed E-state index contributed by atoms with van der Waals surface area (Å²) in [6, 6.07) is 6.26. The number of nitrogens with zero attached hydrogens (tertiary/aromatic N) is 1. The highest BCUT2D eigenvalue weighted by Gasteiger charge is 2.25. The smallest absolute Gasteiger partial charge is 0.328 e. The number of aromatic nitrogens is 1. The fraction of sp³-hybridized carbons (Fsp3) is 0.353. The van der Waals surface area contributed by atoms with E-state index in [0.717, 1.165) is 16.7 Å². The quantitative estimate of drug-likeness (QED) is 0.746. The van der Waals surface area contributed by atoms with Gasteiger partial charge in [-0.25, -0.2) is 4.79 Å². The Balaban J connectivity index is 2.09. The van der Waals surface area contributed by atoms with Crippen LogP contribution in [0.1, 0.15) is 6.42 Å². The normalized spacial score (nSPS) is 11.6. The van der Waals surface area contributed by atoms with Gasteiger partial charge >= 0.3 is 11.9 Å². The molecule has 0 bridgehead atoms. The molecule has 0 radical (unpaired) electrons. The summed E-state index contributed by atoms with van der Waals surface area (Å²) in [4.78, 5) is 35.4. The molecule has 8 heteroatoms. The minimum Gasteiger partial charge on any atom is -0.497 e. The van der Waals surface area contributed by atoms with Crippen molar-refractivity contribution in [1.29, 1.82) is 0 Å². The van der Waals surface area contributed by atoms with Crippen LogP contribution in [0.3, 0.4) is 0 Å². The van der Waals surface area contributed by atoms with Crippen LogP contribution in [0.15, 0.2) is 30.5 Å². The molecule has 2 rings (SSSR count). The Morgan fingerprint density at radius 1 is 1.12 bits per heavy atom. The predicted octanol–water partition coefficient (Wildman–Crippen LogP) is 0.871. The molecule has 2 aromatic rings. The fourth-order valence-corrected chi connectivity index (χ4v) is 2.42. The van der Waals surface area contributed by atoms with Crippen molar-refractivity contribution in [3.05, 3.63) is 30.5 Å². The van der Waals surface area contributed by atoms with Crippen molar-refractivity contribution >= 4 is 28.7 Å². The molecule has 1 amide bonds. The highest BCUT2D eigenvalue weighted by molar-refractivity contribution is 5.89. The summed E-state index contributed by atoms with van der Waals surface area (Å²) in [6.45, 7) is -0.00943. The van der Waals surface area contributed by atoms with E-state index in [9.17, 15) is 14.4 Å². The maximum absolute atomic E-state index is 12.3. The number of benzene rings is 1. The van der Waals surface area contributed by atoms with Crippen LogP contribution in [0.5, 0.6) is 5.75 Å². The first kappa shape index (κ1) is 18.3. The van der Waals surface area contributed by atoms with E-state index < -0.39 is 23.9 Å². The lowest BCUT2D eigenvalue weighted by molar-refractivity contribution is -0.150. The van der Waals surface area contributed by atoms with E-state index in [1.54, 1.807) is 23.9 Å². The van der Waals surface area contributed by atoms with E-state index in [0.29, 0.717) is 0 Å². The summed E-state index contributed by atoms with van der Waals surface area (Å²) in [6.07, 6.45) is 1.47. The molecule has 1 heterocycles. The standard InChI is InChI=1S/C17H20N2O6/c1-23-12-4-5-14-11(8-12)6-7-19(14)10-15(20)18-13(17(22)25-3)9-16(21)24-2/h4-8,13H,9-10H2,1-3H3,(H,18,20)/t13-/m1/s1. The molecule has 0 unspecified atom stereocenters. The van der Waals surface area contributed by atoms with Gasteiger partial charge in [-0.3, -0.25) is 9.59 Å². The van der Waals surface area contributed by atoms with E-state index in [1.165, 1.54) is 14.2 Å². The first-order chi connectivity index (χ1) is 12.0. The van der Waals surface area contributed by atoms with E-state index in [-0.39, 0.29) is 13.0 Å². The van der Waals surface area contributed by atoms with Gasteiger partial charge in [0.25, 0.3) is 0 Å². The molecule has 0 fully saturated rings. The van der Waals surface area contributed by atoms with Gasteiger partial charge in [-0.15, -0.1) is 0 Å². The van der Waals surface area contributed by atoms with Crippen molar-refractivity contribution in [3.63, 3.8) is 0 Å². The third-order valence-corrected chi connectivity index (χ3v) is 3.71. The van der Waals surface area contributed by atoms with Crippen molar-refractivity contribution < 1.29 is 28.6 Å². The Morgan fingerprint density at radius 2 is 1.88 bits per heavy atom. The second kappa shape index (κ2) is 8.18. The number of hydrogen-bond donors (Lipinski definition) is 1. The number of hydrogen-bond acceptors (Lipinski definition) is 6. The van der Waals surface area contributed by atoms with Gasteiger partial charge < -0.3 is 24.1 Å². The molecule has 1 N–H and O–H groups in total. The number of ether oxygens (including phenoxy) is 3. The largest absolute Gasteiger partial charge is 0.497 e. The molecule has 1 aromatic carbocycles. The van der Waals surface area contributed by atoms with E-state index in [2.05, 4.69) is 14.8 Å². The molecule has 0 spiro atoms. The predicted molar refractivity (Wildman–Crippen MR) is 89.1 cm³/mol. The highest BCUT2D eigenvalue weighted by atomic mass is 16.5. The number of rotatable bonds is 7. The fourth-order valence-electron chi connectivity index (χ4n) is 2.42. The van der Waals surface area contributed by atoms with E-state index in [4.69, 9.17) is 4.74 Å². The third-order valence-electron chi connectivity index (χ3n) is 3.71. The van der Waals surface area contributed by atoms with Gasteiger partial charge in [-0.1, -0.05) is 0 Å². The first-order valence-corrected chi connectivity index (χ1v) is 7.55. The van der Waals surface area contributed by atoms with Gasteiger partial charge in [0.2, 0.25) is 5.91 Å². The van der Waals surface area contributed by atoms with Gasteiger partial charge in [0.05, 0.1) is 27.8 Å². The van der Waals surface area contributed by atoms with Crippen LogP contribution >= 0.6 is 0 Å². The zero-order chi connectivity index (χ0) is 18.4. The molecule has 25 heavy (non-hydrogen) atoms. The summed E-state index contributed by atoms with van der Waals surface area (Å²) >= 11 is 0. The zero-order valence-electron chi connectivity index (χ0n) is 14.3. The van der Waals surface area contributed by atoms with Gasteiger partial charge in [-0.2, -0.15) is 0 Å². The van der Waals surface area contributed by atoms with Crippen LogP contribution in [-0.4, -0.2) is 49.8 Å². The number of esters is 2. The summed E-state index contributed by atoms with van der Waals surface area (Å²) in [5, 5.41) is 3.42. The molecule has 0 aliphatic heterocycles. The first-order valence-electron chi connectivity index (χ1n) is 7.55. The molecule has 0 aliphatic carbocycles. The monoisotopic (exact) mass is 348 g/mol. The van der Waals surface area contributed by atoms with Gasteiger partial charge in [0, 0.05) is 17.1 Å². The summed E-state index contributed by atoms with van der Waals surface area (Å²) in [5.74, 6) is -1.03. The van der Waals surface area contributed by atoms with Gasteiger partial charge in [0.1, 0.15) is 18.3 Å². The van der Waals surface area contributed by atoms with Crippen LogP contribution in [-0.2, 0) is 30.4 Å². The minimum atomic E-state index is -1.09. The Hall–Kier alpha value is -3.03. The lowest BCUT2D eigenvalue weighted by atomic mass is 10.2. The maximum Gasteiger partial charge on any atom is 0.328 e. The van der Waals surface area contributed by atoms with Crippen molar-refractivity contribution in [2.75, 3.05) is 21.3 Å². The van der Waals surface area contributed by atoms with Crippen LogP contribution in [0.25, 0.3) is 10.9 Å². The summed E-state index contributed by atoms with van der Waals surface area (Å²) in [7, 11) is 3.98. The van der Waals surface area contributed by atoms with E-state index >= 15 is 0 Å². The lowest BCUT2D eigenvalue weighted by Gasteiger charge is -2.16. The number of carbonyl (C=O) groups excluding carboxylic acids is 3. The average Bonchev–Trinajstić information content (AvgIpc) is 3.01. The Kier molecular flexibility index (Phi) is 5.99. The molecule has 8 nitrogen and oxygen atoms in total. The third kappa shape index (κ3) is 4.50. The van der Waals surface area contributed by atoms with Crippen LogP contribution in [0.2, 0.25) is 0 Å². The zero-order valence-corrected chi connectivity index (χ0v) is 14.3. The van der Waals surface area contributed by atoms with Crippen LogP contribution < -0.4 is 10.1 Å². The Morgan fingerprint density at radius 3 is 2.52 bits per heavy atom. The van der Waals surface area contributed by atoms with Crippen LogP contribution in [0.4, 0.5) is 0 Å². The average molecular weight is 348 g/mol. The van der Waals surface area contributed by atoms with E-state index in [1.807, 2.05) is 18.2 Å². The summed E-state index contributed by atoms with van der Waals surface area (Å²) in [5.41, 5.74) is 0.846. The van der Waals surface area contributed by atoms with Crippen molar-refractivity contribution in [1.82, 2.24) is 9.88 Å². The van der Waals surface area contributed by atoms with Crippen LogP contribution in [0, 0.1) is 0 Å². The molecule has 1 atom stereocenters. The second-order valence-corrected chi connectivity index (χ2v) is 5.29. The highest BCUT2D eigenvalue weighted by Crippen LogP contribution is 2.21. The molecule has 134 valence electrons. The SMILES string of the molecule is COC(=O)C[C@@H](NC(=O)Cn1ccc2cc(OC)ccc21)C(=O)OC. The number of nitrogens with one attached hydrogen (secondary N) is 1. The molecular weight excluding hydrogens is 328 g/mol. The number of fused-ring (bicyclic) bond motifs is 1. The maximum atomic E-state index is 12.3. The number of carbonyl (C=O) groups is 3. The topological polar surface area (TPSA) is 95.9 Å². The molecule has 1 aromatic heterocycles. The number of methoxy groups -OCH3 is 3. The number of amides is 1. The van der Waals surface area contributed by atoms with Gasteiger partial charge in [0.15, 0.2) is 0 Å². The molecular formula is C17H20N2O6. The Bertz CT molecular complexity index is 783. The van der Waals surface area contributed by atoms with Gasteiger partial charge in [-0.05, 0) is 24.3 Å². The molecule has 0 aliphatic rings. The lowest BCUT2D eigenvalue weighted by Crippen LogP contribution is -2.44. The van der Waals surface area contributed by atoms with Crippen molar-refractivity contribution in [3.8, 4) is 5.75 Å². The second-order valence-electron chi connectivity index (χ2n) is 5.29. The Labute approximate surface area is 144 Å². The minimum absolute atomic E-state index is 0.00943. The summed E-state index contributed by atoms with van der Waals surface area (Å²) < 4.78 is 16.0.